The third-order valence-corrected chi connectivity index (χ3v) is 8.77. The van der Waals surface area contributed by atoms with Crippen molar-refractivity contribution in [3.05, 3.63) is 83.2 Å². The molecule has 0 aliphatic heterocycles. The van der Waals surface area contributed by atoms with Gasteiger partial charge in [0, 0.05) is 34.2 Å². The minimum Gasteiger partial charge on any atom is -0.493 e. The van der Waals surface area contributed by atoms with Gasteiger partial charge in [0.05, 0.1) is 68.7 Å². The van der Waals surface area contributed by atoms with E-state index in [0.717, 1.165) is 83.4 Å². The van der Waals surface area contributed by atoms with Crippen molar-refractivity contribution in [1.29, 1.82) is 0 Å². The highest BCUT2D eigenvalue weighted by Gasteiger charge is 2.29. The number of ether oxygens (including phenoxy) is 2. The summed E-state index contributed by atoms with van der Waals surface area (Å²) in [7, 11) is 18.1. The maximum Gasteiger partial charge on any atom is 0.333 e. The predicted molar refractivity (Wildman–Crippen MR) is 206 cm³/mol. The lowest BCUT2D eigenvalue weighted by molar-refractivity contribution is -0.908. The van der Waals surface area contributed by atoms with Gasteiger partial charge in [0.25, 0.3) is 0 Å². The Hall–Kier alpha value is -2.79. The number of carbonyl (C=O) groups is 1. The maximum atomic E-state index is 12.1. The molecule has 0 radical (unpaired) electrons. The van der Waals surface area contributed by atoms with Gasteiger partial charge in [-0.05, 0) is 46.2 Å². The highest BCUT2D eigenvalue weighted by atomic mass is 17.2. The van der Waals surface area contributed by atoms with Crippen LogP contribution in [-0.4, -0.2) is 133 Å². The van der Waals surface area contributed by atoms with Crippen LogP contribution >= 0.6 is 0 Å². The normalized spacial score (nSPS) is 12.5. The summed E-state index contributed by atoms with van der Waals surface area (Å²) in [6.45, 7) is 32.0. The van der Waals surface area contributed by atoms with Gasteiger partial charge in [-0.25, -0.2) is 14.6 Å². The van der Waals surface area contributed by atoms with Crippen molar-refractivity contribution in [2.24, 2.45) is 0 Å². The van der Waals surface area contributed by atoms with Crippen molar-refractivity contribution >= 4 is 5.97 Å². The summed E-state index contributed by atoms with van der Waals surface area (Å²) in [5.41, 5.74) is 7.99. The average Bonchev–Trinajstić information content (AvgIpc) is 2.93. The van der Waals surface area contributed by atoms with Crippen LogP contribution in [0.3, 0.4) is 0 Å². The lowest BCUT2D eigenvalue weighted by Gasteiger charge is -2.36. The molecule has 0 aliphatic rings. The van der Waals surface area contributed by atoms with E-state index in [9.17, 15) is 4.79 Å². The number of likely N-dealkylation sites (N-methyl/N-ethyl adjacent to an activating group) is 3. The van der Waals surface area contributed by atoms with Gasteiger partial charge in [0.2, 0.25) is 0 Å². The van der Waals surface area contributed by atoms with Crippen molar-refractivity contribution < 1.29 is 42.0 Å². The summed E-state index contributed by atoms with van der Waals surface area (Å²) in [4.78, 5) is 23.0. The predicted octanol–water partition coefficient (Wildman–Crippen LogP) is 6.54. The van der Waals surface area contributed by atoms with E-state index >= 15 is 0 Å². The number of esters is 1. The van der Waals surface area contributed by atoms with Gasteiger partial charge in [-0.3, -0.25) is 0 Å². The average molecular weight is 703 g/mol. The highest BCUT2D eigenvalue weighted by molar-refractivity contribution is 5.86. The standard InChI is InChI=1S/C41H74N4O5/c1-33(2)18-17-19-42(9,10)28-37-26-40(31-45(15,16)22-25-49-50-32-34(3)4)39(29-43(11,12)20-23-47-36(7)8)27-38(37)30-44(13,14)21-24-48-41(46)35(5)6/h26-27H,1,3,5,7,17-25,28-32H2,2,4,6,8-16H3/q+4. The SMILES string of the molecule is C=C(C)CCC[N+](C)(C)Cc1cc(C[N+](C)(C)CCOOCC(=C)C)c(C[N+](C)(C)CCOC(=C)C)cc1C[N+](C)(C)CCOC(=O)C(=C)C. The molecule has 0 fully saturated rings. The Bertz CT molecular complexity index is 1310. The van der Waals surface area contributed by atoms with Crippen LogP contribution in [0.25, 0.3) is 0 Å². The molecule has 0 heterocycles. The van der Waals surface area contributed by atoms with Gasteiger partial charge in [0.15, 0.2) is 0 Å². The van der Waals surface area contributed by atoms with Gasteiger partial charge in [0.1, 0.15) is 72.2 Å². The van der Waals surface area contributed by atoms with E-state index in [1.165, 1.54) is 27.8 Å². The second-order valence-corrected chi connectivity index (χ2v) is 17.2. The fourth-order valence-corrected chi connectivity index (χ4v) is 5.81. The van der Waals surface area contributed by atoms with E-state index in [-0.39, 0.29) is 5.97 Å². The van der Waals surface area contributed by atoms with Crippen LogP contribution in [0, 0.1) is 0 Å². The first-order valence-corrected chi connectivity index (χ1v) is 18.0. The van der Waals surface area contributed by atoms with Crippen LogP contribution in [0.1, 0.15) is 62.8 Å². The zero-order valence-electron chi connectivity index (χ0n) is 34.2. The lowest BCUT2D eigenvalue weighted by Crippen LogP contribution is -2.45. The van der Waals surface area contributed by atoms with Crippen LogP contribution in [0.2, 0.25) is 0 Å². The molecule has 1 rings (SSSR count). The number of carbonyl (C=O) groups excluding carboxylic acids is 1. The third kappa shape index (κ3) is 19.6. The van der Waals surface area contributed by atoms with E-state index < -0.39 is 0 Å². The zero-order chi connectivity index (χ0) is 38.3. The number of hydrogen-bond donors (Lipinski definition) is 0. The molecular formula is C41H74N4O5+4. The van der Waals surface area contributed by atoms with Crippen LogP contribution in [0.5, 0.6) is 0 Å². The Morgan fingerprint density at radius 2 is 0.960 bits per heavy atom. The number of allylic oxidation sites excluding steroid dienone is 2. The van der Waals surface area contributed by atoms with Crippen LogP contribution in [0.15, 0.2) is 60.9 Å². The summed E-state index contributed by atoms with van der Waals surface area (Å²) in [5.74, 6) is 0.402. The topological polar surface area (TPSA) is 54.0 Å². The first kappa shape index (κ1) is 45.2. The Labute approximate surface area is 306 Å². The highest BCUT2D eigenvalue weighted by Crippen LogP contribution is 2.28. The van der Waals surface area contributed by atoms with Gasteiger partial charge in [-0.2, -0.15) is 0 Å². The molecule has 9 heteroatoms. The molecule has 1 aromatic carbocycles. The lowest BCUT2D eigenvalue weighted by atomic mass is 9.95. The molecule has 0 amide bonds. The Kier molecular flexibility index (Phi) is 18.4. The molecule has 0 saturated heterocycles. The fraction of sp³-hybridized carbons (Fsp3) is 0.634. The Balaban J connectivity index is 3.62. The summed E-state index contributed by atoms with van der Waals surface area (Å²) < 4.78 is 14.4. The molecule has 0 unspecified atom stereocenters. The number of benzene rings is 1. The second kappa shape index (κ2) is 20.3. The molecule has 0 aliphatic carbocycles. The maximum absolute atomic E-state index is 12.1. The number of nitrogens with zero attached hydrogens (tertiary/aromatic N) is 4. The van der Waals surface area contributed by atoms with Crippen molar-refractivity contribution in [3.8, 4) is 0 Å². The van der Waals surface area contributed by atoms with Crippen molar-refractivity contribution in [2.45, 2.75) is 66.7 Å². The molecule has 0 N–H and O–H groups in total. The van der Waals surface area contributed by atoms with Crippen LogP contribution < -0.4 is 0 Å². The molecular weight excluding hydrogens is 628 g/mol. The number of hydrogen-bond acceptors (Lipinski definition) is 5. The van der Waals surface area contributed by atoms with E-state index in [1.54, 1.807) is 6.92 Å². The van der Waals surface area contributed by atoms with Gasteiger partial charge >= 0.3 is 5.97 Å². The smallest absolute Gasteiger partial charge is 0.333 e. The van der Waals surface area contributed by atoms with Gasteiger partial charge < -0.3 is 27.4 Å². The largest absolute Gasteiger partial charge is 0.493 e. The summed E-state index contributed by atoms with van der Waals surface area (Å²) in [6, 6.07) is 4.94. The first-order chi connectivity index (χ1) is 22.9. The van der Waals surface area contributed by atoms with Crippen molar-refractivity contribution in [2.75, 3.05) is 109 Å². The minimum atomic E-state index is -0.338. The molecule has 0 aromatic heterocycles. The second-order valence-electron chi connectivity index (χ2n) is 17.2. The molecule has 0 saturated carbocycles. The molecule has 1 aromatic rings. The quantitative estimate of drug-likeness (QED) is 0.0161. The van der Waals surface area contributed by atoms with Crippen molar-refractivity contribution in [1.82, 2.24) is 0 Å². The molecule has 284 valence electrons. The minimum absolute atomic E-state index is 0.338. The van der Waals surface area contributed by atoms with Crippen LogP contribution in [0.4, 0.5) is 0 Å². The van der Waals surface area contributed by atoms with Crippen molar-refractivity contribution in [3.63, 3.8) is 0 Å². The molecule has 0 bridgehead atoms. The van der Waals surface area contributed by atoms with E-state index in [1.807, 2.05) is 13.8 Å². The van der Waals surface area contributed by atoms with Gasteiger partial charge in [-0.15, -0.1) is 6.58 Å². The summed E-state index contributed by atoms with van der Waals surface area (Å²) in [5, 5.41) is 0. The molecule has 50 heavy (non-hydrogen) atoms. The third-order valence-electron chi connectivity index (χ3n) is 8.77. The zero-order valence-corrected chi connectivity index (χ0v) is 34.2. The van der Waals surface area contributed by atoms with E-state index in [2.05, 4.69) is 102 Å². The monoisotopic (exact) mass is 703 g/mol. The first-order valence-electron chi connectivity index (χ1n) is 18.0. The summed E-state index contributed by atoms with van der Waals surface area (Å²) in [6.07, 6.45) is 2.14. The number of quaternary nitrogens is 4. The summed E-state index contributed by atoms with van der Waals surface area (Å²) >= 11 is 0. The van der Waals surface area contributed by atoms with Gasteiger partial charge in [-0.1, -0.05) is 30.9 Å². The number of rotatable bonds is 26. The van der Waals surface area contributed by atoms with E-state index in [4.69, 9.17) is 19.2 Å². The molecule has 9 nitrogen and oxygen atoms in total. The fourth-order valence-electron chi connectivity index (χ4n) is 5.81. The van der Waals surface area contributed by atoms with Crippen LogP contribution in [-0.2, 0) is 50.2 Å². The Morgan fingerprint density at radius 1 is 0.560 bits per heavy atom. The van der Waals surface area contributed by atoms with E-state index in [0.29, 0.717) is 43.0 Å². The molecule has 0 spiro atoms. The molecule has 0 atom stereocenters. The Morgan fingerprint density at radius 3 is 1.34 bits per heavy atom.